The van der Waals surface area contributed by atoms with Gasteiger partial charge in [0.2, 0.25) is 0 Å². The van der Waals surface area contributed by atoms with Crippen molar-refractivity contribution in [1.82, 2.24) is 9.80 Å². The Balaban J connectivity index is 1.37. The van der Waals surface area contributed by atoms with Crippen LogP contribution in [0.25, 0.3) is 0 Å². The molecule has 4 rings (SSSR count). The Kier molecular flexibility index (Phi) is 7.33. The van der Waals surface area contributed by atoms with Crippen LogP contribution in [0.1, 0.15) is 33.5 Å². The first-order chi connectivity index (χ1) is 16.1. The van der Waals surface area contributed by atoms with Gasteiger partial charge in [0, 0.05) is 32.7 Å². The van der Waals surface area contributed by atoms with E-state index in [9.17, 15) is 9.18 Å². The summed E-state index contributed by atoms with van der Waals surface area (Å²) < 4.78 is 19.1. The van der Waals surface area contributed by atoms with Crippen molar-refractivity contribution in [3.63, 3.8) is 0 Å². The summed E-state index contributed by atoms with van der Waals surface area (Å²) in [6.45, 7) is 4.08. The smallest absolute Gasteiger partial charge is 0.257 e. The summed E-state index contributed by atoms with van der Waals surface area (Å²) >= 11 is 0. The van der Waals surface area contributed by atoms with E-state index in [-0.39, 0.29) is 18.3 Å². The minimum absolute atomic E-state index is 0.0371. The molecular formula is C27H26FN3O2. The van der Waals surface area contributed by atoms with Crippen molar-refractivity contribution in [3.05, 3.63) is 101 Å². The third kappa shape index (κ3) is 5.97. The van der Waals surface area contributed by atoms with Gasteiger partial charge in [0.1, 0.15) is 18.2 Å². The van der Waals surface area contributed by atoms with Crippen LogP contribution in [0, 0.1) is 17.1 Å². The third-order valence-corrected chi connectivity index (χ3v) is 5.79. The maximum absolute atomic E-state index is 13.3. The Labute approximate surface area is 193 Å². The van der Waals surface area contributed by atoms with Gasteiger partial charge in [-0.05, 0) is 53.9 Å². The molecule has 1 amide bonds. The molecule has 33 heavy (non-hydrogen) atoms. The van der Waals surface area contributed by atoms with Gasteiger partial charge in [0.05, 0.1) is 17.2 Å². The predicted octanol–water partition coefficient (Wildman–Crippen LogP) is 4.62. The van der Waals surface area contributed by atoms with E-state index in [0.717, 1.165) is 37.2 Å². The van der Waals surface area contributed by atoms with Crippen molar-refractivity contribution in [3.8, 4) is 11.8 Å². The zero-order chi connectivity index (χ0) is 23.0. The van der Waals surface area contributed by atoms with Gasteiger partial charge in [0.15, 0.2) is 0 Å². The van der Waals surface area contributed by atoms with Crippen molar-refractivity contribution < 1.29 is 13.9 Å². The summed E-state index contributed by atoms with van der Waals surface area (Å²) in [6.07, 6.45) is 0.890. The summed E-state index contributed by atoms with van der Waals surface area (Å²) in [5.74, 6) is 0.208. The highest BCUT2D eigenvalue weighted by molar-refractivity contribution is 5.97. The molecule has 0 N–H and O–H groups in total. The highest BCUT2D eigenvalue weighted by Crippen LogP contribution is 2.22. The van der Waals surface area contributed by atoms with E-state index in [4.69, 9.17) is 10.00 Å². The maximum atomic E-state index is 13.3. The average Bonchev–Trinajstić information content (AvgIpc) is 3.09. The molecular weight excluding hydrogens is 417 g/mol. The van der Waals surface area contributed by atoms with Crippen LogP contribution in [0.5, 0.6) is 5.75 Å². The van der Waals surface area contributed by atoms with Crippen LogP contribution in [0.15, 0.2) is 72.8 Å². The first-order valence-electron chi connectivity index (χ1n) is 11.1. The zero-order valence-electron chi connectivity index (χ0n) is 18.4. The molecule has 1 aliphatic heterocycles. The van der Waals surface area contributed by atoms with Gasteiger partial charge in [-0.25, -0.2) is 4.39 Å². The fourth-order valence-corrected chi connectivity index (χ4v) is 3.96. The highest BCUT2D eigenvalue weighted by atomic mass is 19.1. The van der Waals surface area contributed by atoms with E-state index < -0.39 is 0 Å². The van der Waals surface area contributed by atoms with E-state index in [0.29, 0.717) is 30.0 Å². The third-order valence-electron chi connectivity index (χ3n) is 5.79. The summed E-state index contributed by atoms with van der Waals surface area (Å²) in [5.41, 5.74) is 3.20. The molecule has 5 nitrogen and oxygen atoms in total. The maximum Gasteiger partial charge on any atom is 0.257 e. The number of nitrogens with zero attached hydrogens (tertiary/aromatic N) is 3. The lowest BCUT2D eigenvalue weighted by atomic mass is 10.1. The van der Waals surface area contributed by atoms with Crippen molar-refractivity contribution in [2.75, 3.05) is 26.2 Å². The lowest BCUT2D eigenvalue weighted by Gasteiger charge is -2.23. The number of hydrogen-bond donors (Lipinski definition) is 0. The molecule has 168 valence electrons. The normalized spacial score (nSPS) is 14.4. The number of carbonyl (C=O) groups is 1. The van der Waals surface area contributed by atoms with Crippen LogP contribution >= 0.6 is 0 Å². The van der Waals surface area contributed by atoms with Crippen LogP contribution in [0.2, 0.25) is 0 Å². The topological polar surface area (TPSA) is 56.6 Å². The summed E-state index contributed by atoms with van der Waals surface area (Å²) in [6, 6.07) is 23.2. The van der Waals surface area contributed by atoms with Gasteiger partial charge in [0.25, 0.3) is 5.91 Å². The SMILES string of the molecule is N#Cc1ccc(CN2CCCN(C(=O)c3ccccc3OCc3ccc(F)cc3)CC2)cc1. The molecule has 6 heteroatoms. The Morgan fingerprint density at radius 1 is 0.909 bits per heavy atom. The van der Waals surface area contributed by atoms with E-state index >= 15 is 0 Å². The minimum Gasteiger partial charge on any atom is -0.488 e. The van der Waals surface area contributed by atoms with Crippen LogP contribution in [0.3, 0.4) is 0 Å². The van der Waals surface area contributed by atoms with Crippen molar-refractivity contribution >= 4 is 5.91 Å². The lowest BCUT2D eigenvalue weighted by Crippen LogP contribution is -2.35. The number of hydrogen-bond acceptors (Lipinski definition) is 4. The number of para-hydroxylation sites is 1. The Morgan fingerprint density at radius 3 is 2.39 bits per heavy atom. The van der Waals surface area contributed by atoms with Crippen LogP contribution in [0.4, 0.5) is 4.39 Å². The number of carbonyl (C=O) groups excluding carboxylic acids is 1. The summed E-state index contributed by atoms with van der Waals surface area (Å²) in [4.78, 5) is 17.5. The second-order valence-electron chi connectivity index (χ2n) is 8.14. The standard InChI is InChI=1S/C27H26FN3O2/c28-24-12-10-23(11-13-24)20-33-26-5-2-1-4-25(26)27(32)31-15-3-14-30(16-17-31)19-22-8-6-21(18-29)7-9-22/h1-2,4-13H,3,14-17,19-20H2. The van der Waals surface area contributed by atoms with Gasteiger partial charge in [-0.3, -0.25) is 9.69 Å². The number of ether oxygens (including phenoxy) is 1. The first-order valence-corrected chi connectivity index (χ1v) is 11.1. The minimum atomic E-state index is -0.288. The molecule has 1 heterocycles. The molecule has 1 aliphatic rings. The molecule has 3 aromatic rings. The van der Waals surface area contributed by atoms with Crippen LogP contribution < -0.4 is 4.74 Å². The number of amides is 1. The van der Waals surface area contributed by atoms with Crippen molar-refractivity contribution in [2.45, 2.75) is 19.6 Å². The first kappa shape index (κ1) is 22.5. The van der Waals surface area contributed by atoms with Crippen LogP contribution in [-0.4, -0.2) is 41.9 Å². The lowest BCUT2D eigenvalue weighted by molar-refractivity contribution is 0.0756. The molecule has 1 fully saturated rings. The van der Waals surface area contributed by atoms with E-state index in [1.165, 1.54) is 12.1 Å². The van der Waals surface area contributed by atoms with Gasteiger partial charge < -0.3 is 9.64 Å². The summed E-state index contributed by atoms with van der Waals surface area (Å²) in [5, 5.41) is 8.96. The number of halogens is 1. The average molecular weight is 444 g/mol. The van der Waals surface area contributed by atoms with Crippen LogP contribution in [-0.2, 0) is 13.2 Å². The number of nitriles is 1. The molecule has 0 aliphatic carbocycles. The summed E-state index contributed by atoms with van der Waals surface area (Å²) in [7, 11) is 0. The second-order valence-corrected chi connectivity index (χ2v) is 8.14. The molecule has 0 saturated carbocycles. The second kappa shape index (κ2) is 10.8. The molecule has 0 unspecified atom stereocenters. The molecule has 0 radical (unpaired) electrons. The predicted molar refractivity (Wildman–Crippen MR) is 124 cm³/mol. The number of benzene rings is 3. The largest absolute Gasteiger partial charge is 0.488 e. The fourth-order valence-electron chi connectivity index (χ4n) is 3.96. The van der Waals surface area contributed by atoms with E-state index in [2.05, 4.69) is 11.0 Å². The number of rotatable bonds is 6. The van der Waals surface area contributed by atoms with E-state index in [1.807, 2.05) is 41.3 Å². The molecule has 0 atom stereocenters. The van der Waals surface area contributed by atoms with Gasteiger partial charge in [-0.1, -0.05) is 36.4 Å². The monoisotopic (exact) mass is 443 g/mol. The molecule has 0 aromatic heterocycles. The molecule has 1 saturated heterocycles. The van der Waals surface area contributed by atoms with E-state index in [1.54, 1.807) is 24.3 Å². The zero-order valence-corrected chi connectivity index (χ0v) is 18.4. The Morgan fingerprint density at radius 2 is 1.64 bits per heavy atom. The molecule has 0 spiro atoms. The highest BCUT2D eigenvalue weighted by Gasteiger charge is 2.23. The van der Waals surface area contributed by atoms with Crippen molar-refractivity contribution in [2.24, 2.45) is 0 Å². The fraction of sp³-hybridized carbons (Fsp3) is 0.259. The quantitative estimate of drug-likeness (QED) is 0.558. The molecule has 3 aromatic carbocycles. The van der Waals surface area contributed by atoms with Gasteiger partial charge in [-0.2, -0.15) is 5.26 Å². The van der Waals surface area contributed by atoms with Gasteiger partial charge >= 0.3 is 0 Å². The van der Waals surface area contributed by atoms with Gasteiger partial charge in [-0.15, -0.1) is 0 Å². The molecule has 0 bridgehead atoms. The Bertz CT molecular complexity index is 1120. The van der Waals surface area contributed by atoms with Crippen molar-refractivity contribution in [1.29, 1.82) is 5.26 Å². The Hall–Kier alpha value is -3.69.